The van der Waals surface area contributed by atoms with Gasteiger partial charge in [-0.1, -0.05) is 25.0 Å². The number of carbonyl (C=O) groups is 4. The Morgan fingerprint density at radius 1 is 1.10 bits per heavy atom. The van der Waals surface area contributed by atoms with Crippen molar-refractivity contribution in [3.63, 3.8) is 0 Å². The molecule has 0 unspecified atom stereocenters. The van der Waals surface area contributed by atoms with Gasteiger partial charge in [0.2, 0.25) is 5.91 Å². The van der Waals surface area contributed by atoms with Crippen LogP contribution in [-0.2, 0) is 21.0 Å². The molecule has 1 aliphatic rings. The molecular formula is C21H29N3O6. The molecule has 1 saturated carbocycles. The highest BCUT2D eigenvalue weighted by atomic mass is 16.4. The van der Waals surface area contributed by atoms with E-state index < -0.39 is 35.0 Å². The molecule has 0 heterocycles. The molecule has 0 spiro atoms. The van der Waals surface area contributed by atoms with E-state index in [0.29, 0.717) is 49.8 Å². The van der Waals surface area contributed by atoms with Gasteiger partial charge < -0.3 is 26.6 Å². The van der Waals surface area contributed by atoms with E-state index in [1.165, 1.54) is 0 Å². The quantitative estimate of drug-likeness (QED) is 0.272. The van der Waals surface area contributed by atoms with Crippen molar-refractivity contribution in [2.75, 3.05) is 11.9 Å². The normalized spacial score (nSPS) is 15.9. The molecule has 0 bridgehead atoms. The number of nitrogens with two attached hydrogens (primary N) is 1. The largest absolute Gasteiger partial charge is 0.480 e. The molecule has 9 heteroatoms. The predicted octanol–water partition coefficient (Wildman–Crippen LogP) is 1.79. The summed E-state index contributed by atoms with van der Waals surface area (Å²) in [5.41, 5.74) is 4.84. The number of carbonyl (C=O) groups excluding carboxylic acids is 3. The number of carboxylic acid groups (broad SMARTS) is 1. The smallest absolute Gasteiger partial charge is 0.317 e. The zero-order chi connectivity index (χ0) is 22.1. The van der Waals surface area contributed by atoms with E-state index in [9.17, 15) is 24.3 Å². The van der Waals surface area contributed by atoms with Crippen LogP contribution in [0.3, 0.4) is 0 Å². The summed E-state index contributed by atoms with van der Waals surface area (Å²) in [6, 6.07) is 5.96. The number of aliphatic hydroxyl groups excluding tert-OH is 1. The average Bonchev–Trinajstić information content (AvgIpc) is 3.22. The number of aliphatic carboxylic acids is 1. The van der Waals surface area contributed by atoms with Gasteiger partial charge in [-0.05, 0) is 43.4 Å². The van der Waals surface area contributed by atoms with Gasteiger partial charge in [-0.25, -0.2) is 4.79 Å². The first-order valence-corrected chi connectivity index (χ1v) is 10.1. The Labute approximate surface area is 175 Å². The minimum atomic E-state index is -1.41. The number of urea groups is 1. The summed E-state index contributed by atoms with van der Waals surface area (Å²) in [6.45, 7) is 0.137. The zero-order valence-electron chi connectivity index (χ0n) is 16.9. The number of benzene rings is 1. The summed E-state index contributed by atoms with van der Waals surface area (Å²) in [6.07, 6.45) is 2.47. The van der Waals surface area contributed by atoms with Crippen LogP contribution in [0.25, 0.3) is 0 Å². The molecule has 9 nitrogen and oxygen atoms in total. The number of hydrogen-bond donors (Lipinski definition) is 5. The van der Waals surface area contributed by atoms with Crippen molar-refractivity contribution in [2.24, 2.45) is 17.1 Å². The standard InChI is InChI=1S/C21H29N3O6/c22-20(30)23-11-3-4-15(12-17(26)21(19(28)29)9-1-2-10-21)18(27)24-16-7-5-14(13-25)6-8-16/h5-8,15,25H,1-4,9-13H2,(H,24,27)(H,28,29)(H3,22,23,30)/t15-/m1/s1. The molecule has 0 aromatic heterocycles. The van der Waals surface area contributed by atoms with E-state index in [4.69, 9.17) is 10.8 Å². The Hall–Kier alpha value is -2.94. The van der Waals surface area contributed by atoms with Gasteiger partial charge in [-0.3, -0.25) is 14.4 Å². The van der Waals surface area contributed by atoms with Crippen LogP contribution in [0, 0.1) is 11.3 Å². The molecule has 2 rings (SSSR count). The number of aliphatic hydroxyl groups is 1. The number of nitrogens with one attached hydrogen (secondary N) is 2. The average molecular weight is 419 g/mol. The lowest BCUT2D eigenvalue weighted by molar-refractivity contribution is -0.155. The molecule has 1 aromatic rings. The number of amides is 3. The molecular weight excluding hydrogens is 390 g/mol. The first-order chi connectivity index (χ1) is 14.3. The number of Topliss-reactive ketones (excluding diaryl/α,β-unsaturated/α-hetero) is 1. The van der Waals surface area contributed by atoms with Gasteiger partial charge in [-0.15, -0.1) is 0 Å². The third-order valence-electron chi connectivity index (χ3n) is 5.64. The second-order valence-corrected chi connectivity index (χ2v) is 7.70. The molecule has 0 aliphatic heterocycles. The number of rotatable bonds is 11. The van der Waals surface area contributed by atoms with Gasteiger partial charge in [0.25, 0.3) is 0 Å². The Balaban J connectivity index is 2.09. The second kappa shape index (κ2) is 10.7. The van der Waals surface area contributed by atoms with Crippen LogP contribution in [0.5, 0.6) is 0 Å². The van der Waals surface area contributed by atoms with E-state index in [2.05, 4.69) is 10.6 Å². The summed E-state index contributed by atoms with van der Waals surface area (Å²) < 4.78 is 0. The molecule has 1 aromatic carbocycles. The number of primary amides is 1. The maximum absolute atomic E-state index is 12.9. The van der Waals surface area contributed by atoms with Gasteiger partial charge in [0.1, 0.15) is 5.41 Å². The molecule has 1 atom stereocenters. The summed E-state index contributed by atoms with van der Waals surface area (Å²) >= 11 is 0. The van der Waals surface area contributed by atoms with Crippen molar-refractivity contribution in [3.8, 4) is 0 Å². The van der Waals surface area contributed by atoms with Gasteiger partial charge in [0.15, 0.2) is 5.78 Å². The monoisotopic (exact) mass is 419 g/mol. The highest BCUT2D eigenvalue weighted by Crippen LogP contribution is 2.41. The number of anilines is 1. The first kappa shape index (κ1) is 23.3. The molecule has 1 fully saturated rings. The van der Waals surface area contributed by atoms with Crippen molar-refractivity contribution < 1.29 is 29.4 Å². The van der Waals surface area contributed by atoms with Crippen molar-refractivity contribution >= 4 is 29.4 Å². The van der Waals surface area contributed by atoms with Gasteiger partial charge in [0.05, 0.1) is 6.61 Å². The Bertz CT molecular complexity index is 771. The first-order valence-electron chi connectivity index (χ1n) is 10.1. The van der Waals surface area contributed by atoms with Crippen LogP contribution in [0.4, 0.5) is 10.5 Å². The van der Waals surface area contributed by atoms with Crippen LogP contribution in [0.15, 0.2) is 24.3 Å². The van der Waals surface area contributed by atoms with Crippen molar-refractivity contribution in [1.82, 2.24) is 5.32 Å². The minimum Gasteiger partial charge on any atom is -0.480 e. The molecule has 164 valence electrons. The fourth-order valence-electron chi connectivity index (χ4n) is 3.83. The molecule has 1 aliphatic carbocycles. The third-order valence-corrected chi connectivity index (χ3v) is 5.64. The van der Waals surface area contributed by atoms with E-state index in [0.717, 1.165) is 0 Å². The van der Waals surface area contributed by atoms with Crippen molar-refractivity contribution in [2.45, 2.75) is 51.6 Å². The summed E-state index contributed by atoms with van der Waals surface area (Å²) in [7, 11) is 0. The lowest BCUT2D eigenvalue weighted by Gasteiger charge is -2.25. The number of carboxylic acids is 1. The number of ketones is 1. The summed E-state index contributed by atoms with van der Waals surface area (Å²) in [5, 5.41) is 23.9. The fraction of sp³-hybridized carbons (Fsp3) is 0.524. The van der Waals surface area contributed by atoms with Crippen LogP contribution in [0.1, 0.15) is 50.5 Å². The molecule has 0 radical (unpaired) electrons. The minimum absolute atomic E-state index is 0.116. The predicted molar refractivity (Wildman–Crippen MR) is 109 cm³/mol. The maximum atomic E-state index is 12.9. The number of hydrogen-bond acceptors (Lipinski definition) is 5. The SMILES string of the molecule is NC(=O)NCCC[C@H](CC(=O)C1(C(=O)O)CCCC1)C(=O)Nc1ccc(CO)cc1. The van der Waals surface area contributed by atoms with Gasteiger partial charge in [-0.2, -0.15) is 0 Å². The fourth-order valence-corrected chi connectivity index (χ4v) is 3.83. The second-order valence-electron chi connectivity index (χ2n) is 7.70. The summed E-state index contributed by atoms with van der Waals surface area (Å²) in [4.78, 5) is 48.4. The Kier molecular flexibility index (Phi) is 8.35. The molecule has 3 amide bonds. The topological polar surface area (TPSA) is 159 Å². The third kappa shape index (κ3) is 6.03. The van der Waals surface area contributed by atoms with Crippen molar-refractivity contribution in [1.29, 1.82) is 0 Å². The Morgan fingerprint density at radius 3 is 2.27 bits per heavy atom. The molecule has 6 N–H and O–H groups in total. The van der Waals surface area contributed by atoms with Gasteiger partial charge >= 0.3 is 12.0 Å². The van der Waals surface area contributed by atoms with E-state index in [1.54, 1.807) is 24.3 Å². The van der Waals surface area contributed by atoms with E-state index >= 15 is 0 Å². The Morgan fingerprint density at radius 2 is 1.73 bits per heavy atom. The molecule has 30 heavy (non-hydrogen) atoms. The van der Waals surface area contributed by atoms with E-state index in [1.807, 2.05) is 0 Å². The van der Waals surface area contributed by atoms with Crippen LogP contribution in [-0.4, -0.2) is 40.4 Å². The highest BCUT2D eigenvalue weighted by molar-refractivity contribution is 6.05. The van der Waals surface area contributed by atoms with E-state index in [-0.39, 0.29) is 19.6 Å². The van der Waals surface area contributed by atoms with Crippen LogP contribution < -0.4 is 16.4 Å². The lowest BCUT2D eigenvalue weighted by Crippen LogP contribution is -2.39. The van der Waals surface area contributed by atoms with Crippen LogP contribution in [0.2, 0.25) is 0 Å². The van der Waals surface area contributed by atoms with Crippen molar-refractivity contribution in [3.05, 3.63) is 29.8 Å². The maximum Gasteiger partial charge on any atom is 0.317 e. The highest BCUT2D eigenvalue weighted by Gasteiger charge is 2.48. The summed E-state index contributed by atoms with van der Waals surface area (Å²) in [5.74, 6) is -2.68. The van der Waals surface area contributed by atoms with Crippen LogP contribution >= 0.6 is 0 Å². The zero-order valence-corrected chi connectivity index (χ0v) is 16.9. The van der Waals surface area contributed by atoms with Gasteiger partial charge in [0, 0.05) is 24.6 Å². The lowest BCUT2D eigenvalue weighted by atomic mass is 9.77. The molecule has 0 saturated heterocycles.